The number of aromatic nitrogens is 1. The molecule has 1 heterocycles. The number of hydrogen-bond acceptors (Lipinski definition) is 4. The number of carbonyl (C=O) groups is 1. The number of amides is 1. The highest BCUT2D eigenvalue weighted by Crippen LogP contribution is 2.16. The number of para-hydroxylation sites is 1. The van der Waals surface area contributed by atoms with Crippen LogP contribution in [0.5, 0.6) is 5.75 Å². The Morgan fingerprint density at radius 3 is 2.90 bits per heavy atom. The van der Waals surface area contributed by atoms with Crippen LogP contribution in [0, 0.1) is 6.92 Å². The molecule has 5 heteroatoms. The predicted molar refractivity (Wildman–Crippen MR) is 80.5 cm³/mol. The van der Waals surface area contributed by atoms with Gasteiger partial charge in [-0.1, -0.05) is 12.1 Å². The molecule has 1 aromatic carbocycles. The van der Waals surface area contributed by atoms with E-state index in [1.807, 2.05) is 24.4 Å². The van der Waals surface area contributed by atoms with Crippen LogP contribution < -0.4 is 10.1 Å². The van der Waals surface area contributed by atoms with Crippen LogP contribution in [-0.4, -0.2) is 24.5 Å². The number of nitrogens with one attached hydrogen (secondary N) is 1. The molecule has 1 aromatic heterocycles. The van der Waals surface area contributed by atoms with Crippen molar-refractivity contribution >= 4 is 17.2 Å². The van der Waals surface area contributed by atoms with E-state index in [4.69, 9.17) is 4.74 Å². The Morgan fingerprint density at radius 2 is 2.20 bits per heavy atom. The summed E-state index contributed by atoms with van der Waals surface area (Å²) < 4.78 is 5.18. The van der Waals surface area contributed by atoms with Crippen molar-refractivity contribution in [1.29, 1.82) is 0 Å². The molecule has 2 aromatic rings. The molecule has 106 valence electrons. The normalized spacial score (nSPS) is 10.3. The van der Waals surface area contributed by atoms with Gasteiger partial charge in [0.2, 0.25) is 0 Å². The topological polar surface area (TPSA) is 51.2 Å². The molecule has 0 aliphatic rings. The van der Waals surface area contributed by atoms with Crippen LogP contribution in [0.25, 0.3) is 0 Å². The van der Waals surface area contributed by atoms with E-state index in [9.17, 15) is 4.79 Å². The summed E-state index contributed by atoms with van der Waals surface area (Å²) in [6.45, 7) is 2.62. The fourth-order valence-corrected chi connectivity index (χ4v) is 2.70. The largest absolute Gasteiger partial charge is 0.496 e. The van der Waals surface area contributed by atoms with E-state index >= 15 is 0 Å². The van der Waals surface area contributed by atoms with Crippen LogP contribution in [-0.2, 0) is 6.42 Å². The standard InChI is InChI=1S/C15H18N2O2S/c1-11-10-20-14(17-11)8-5-9-16-15(18)12-6-3-4-7-13(12)19-2/h3-4,6-7,10H,5,8-9H2,1-2H3,(H,16,18). The SMILES string of the molecule is COc1ccccc1C(=O)NCCCc1nc(C)cs1. The van der Waals surface area contributed by atoms with E-state index in [2.05, 4.69) is 10.3 Å². The average Bonchev–Trinajstić information content (AvgIpc) is 2.89. The maximum Gasteiger partial charge on any atom is 0.255 e. The lowest BCUT2D eigenvalue weighted by Crippen LogP contribution is -2.25. The molecule has 0 spiro atoms. The Kier molecular flexibility index (Phi) is 5.12. The van der Waals surface area contributed by atoms with E-state index in [1.54, 1.807) is 30.6 Å². The second-order valence-electron chi connectivity index (χ2n) is 4.44. The zero-order chi connectivity index (χ0) is 14.4. The highest BCUT2D eigenvalue weighted by molar-refractivity contribution is 7.09. The first-order valence-electron chi connectivity index (χ1n) is 6.53. The van der Waals surface area contributed by atoms with Crippen molar-refractivity contribution in [3.8, 4) is 5.75 Å². The number of thiazole rings is 1. The van der Waals surface area contributed by atoms with Gasteiger partial charge in [-0.2, -0.15) is 0 Å². The molecule has 1 N–H and O–H groups in total. The lowest BCUT2D eigenvalue weighted by molar-refractivity contribution is 0.0950. The highest BCUT2D eigenvalue weighted by atomic mass is 32.1. The zero-order valence-corrected chi connectivity index (χ0v) is 12.5. The minimum Gasteiger partial charge on any atom is -0.496 e. The molecule has 1 amide bonds. The van der Waals surface area contributed by atoms with Crippen molar-refractivity contribution in [3.63, 3.8) is 0 Å². The van der Waals surface area contributed by atoms with Crippen LogP contribution in [0.4, 0.5) is 0 Å². The van der Waals surface area contributed by atoms with Gasteiger partial charge in [0.15, 0.2) is 0 Å². The Balaban J connectivity index is 1.80. The van der Waals surface area contributed by atoms with Gasteiger partial charge in [-0.15, -0.1) is 11.3 Å². The van der Waals surface area contributed by atoms with Gasteiger partial charge in [0, 0.05) is 24.0 Å². The summed E-state index contributed by atoms with van der Waals surface area (Å²) in [4.78, 5) is 16.4. The molecule has 0 atom stereocenters. The van der Waals surface area contributed by atoms with Gasteiger partial charge in [-0.3, -0.25) is 4.79 Å². The Morgan fingerprint density at radius 1 is 1.40 bits per heavy atom. The summed E-state index contributed by atoms with van der Waals surface area (Å²) in [5.74, 6) is 0.498. The van der Waals surface area contributed by atoms with Gasteiger partial charge in [-0.25, -0.2) is 4.98 Å². The van der Waals surface area contributed by atoms with Crippen LogP contribution in [0.2, 0.25) is 0 Å². The molecular weight excluding hydrogens is 272 g/mol. The lowest BCUT2D eigenvalue weighted by atomic mass is 10.2. The first kappa shape index (κ1) is 14.5. The number of methoxy groups -OCH3 is 1. The fraction of sp³-hybridized carbons (Fsp3) is 0.333. The van der Waals surface area contributed by atoms with E-state index in [1.165, 1.54) is 0 Å². The number of rotatable bonds is 6. The third-order valence-corrected chi connectivity index (χ3v) is 3.90. The van der Waals surface area contributed by atoms with E-state index < -0.39 is 0 Å². The minimum atomic E-state index is -0.0993. The predicted octanol–water partition coefficient (Wildman–Crippen LogP) is 2.82. The van der Waals surface area contributed by atoms with Crippen LogP contribution in [0.3, 0.4) is 0 Å². The maximum absolute atomic E-state index is 12.0. The second kappa shape index (κ2) is 7.05. The summed E-state index contributed by atoms with van der Waals surface area (Å²) in [6, 6.07) is 7.22. The van der Waals surface area contributed by atoms with Crippen molar-refractivity contribution in [3.05, 3.63) is 45.9 Å². The number of aryl methyl sites for hydroxylation is 2. The van der Waals surface area contributed by atoms with Gasteiger partial charge in [0.1, 0.15) is 5.75 Å². The van der Waals surface area contributed by atoms with Crippen molar-refractivity contribution in [2.24, 2.45) is 0 Å². The first-order valence-corrected chi connectivity index (χ1v) is 7.41. The molecule has 0 saturated heterocycles. The van der Waals surface area contributed by atoms with Crippen molar-refractivity contribution in [2.45, 2.75) is 19.8 Å². The molecule has 0 fully saturated rings. The minimum absolute atomic E-state index is 0.0993. The fourth-order valence-electron chi connectivity index (χ4n) is 1.89. The summed E-state index contributed by atoms with van der Waals surface area (Å²) in [5, 5.41) is 6.07. The Hall–Kier alpha value is -1.88. The lowest BCUT2D eigenvalue weighted by Gasteiger charge is -2.08. The third-order valence-electron chi connectivity index (χ3n) is 2.87. The van der Waals surface area contributed by atoms with E-state index in [-0.39, 0.29) is 5.91 Å². The van der Waals surface area contributed by atoms with Crippen molar-refractivity contribution in [1.82, 2.24) is 10.3 Å². The highest BCUT2D eigenvalue weighted by Gasteiger charge is 2.10. The molecule has 0 radical (unpaired) electrons. The average molecular weight is 290 g/mol. The molecular formula is C15H18N2O2S. The molecule has 20 heavy (non-hydrogen) atoms. The van der Waals surface area contributed by atoms with Crippen LogP contribution in [0.15, 0.2) is 29.6 Å². The summed E-state index contributed by atoms with van der Waals surface area (Å²) in [7, 11) is 1.57. The second-order valence-corrected chi connectivity index (χ2v) is 5.39. The number of ether oxygens (including phenoxy) is 1. The van der Waals surface area contributed by atoms with Crippen LogP contribution >= 0.6 is 11.3 Å². The number of hydrogen-bond donors (Lipinski definition) is 1. The van der Waals surface area contributed by atoms with Crippen molar-refractivity contribution in [2.75, 3.05) is 13.7 Å². The monoisotopic (exact) mass is 290 g/mol. The molecule has 0 bridgehead atoms. The van der Waals surface area contributed by atoms with Gasteiger partial charge in [-0.05, 0) is 25.5 Å². The zero-order valence-electron chi connectivity index (χ0n) is 11.7. The van der Waals surface area contributed by atoms with Crippen molar-refractivity contribution < 1.29 is 9.53 Å². The molecule has 0 unspecified atom stereocenters. The Bertz CT molecular complexity index is 581. The van der Waals surface area contributed by atoms with Gasteiger partial charge in [0.05, 0.1) is 17.7 Å². The van der Waals surface area contributed by atoms with E-state index in [0.717, 1.165) is 23.5 Å². The molecule has 0 aliphatic heterocycles. The smallest absolute Gasteiger partial charge is 0.255 e. The van der Waals surface area contributed by atoms with E-state index in [0.29, 0.717) is 17.9 Å². The number of carbonyl (C=O) groups excluding carboxylic acids is 1. The third kappa shape index (κ3) is 3.81. The summed E-state index contributed by atoms with van der Waals surface area (Å²) >= 11 is 1.67. The molecule has 0 saturated carbocycles. The number of nitrogens with zero attached hydrogens (tertiary/aromatic N) is 1. The molecule has 4 nitrogen and oxygen atoms in total. The summed E-state index contributed by atoms with van der Waals surface area (Å²) in [6.07, 6.45) is 1.78. The van der Waals surface area contributed by atoms with Gasteiger partial charge < -0.3 is 10.1 Å². The van der Waals surface area contributed by atoms with Crippen LogP contribution in [0.1, 0.15) is 27.5 Å². The summed E-state index contributed by atoms with van der Waals surface area (Å²) in [5.41, 5.74) is 1.63. The quantitative estimate of drug-likeness (QED) is 0.832. The number of benzene rings is 1. The van der Waals surface area contributed by atoms with Gasteiger partial charge in [0.25, 0.3) is 5.91 Å². The maximum atomic E-state index is 12.0. The Labute approximate surface area is 122 Å². The first-order chi connectivity index (χ1) is 9.70. The van der Waals surface area contributed by atoms with Gasteiger partial charge >= 0.3 is 0 Å². The molecule has 0 aliphatic carbocycles. The molecule has 2 rings (SSSR count).